The van der Waals surface area contributed by atoms with Crippen molar-refractivity contribution >= 4 is 11.3 Å². The molecule has 0 aliphatic heterocycles. The molecule has 3 aromatic rings. The smallest absolute Gasteiger partial charge is 0.0387 e. The van der Waals surface area contributed by atoms with Crippen LogP contribution in [0, 0.1) is 11.8 Å². The third-order valence-corrected chi connectivity index (χ3v) is 8.76. The standard InChI is InChI=1S/C30H38S/c1-5-7-15-22(4)26-20-25(21(3)14-6-2)27-28(26)30(24-18-12-9-13-19-24)31-29(27)23-16-10-8-11-17-23/h8-13,16-19,21-22,25-26H,5-7,14-15,20H2,1-4H3. The van der Waals surface area contributed by atoms with Gasteiger partial charge in [0.25, 0.3) is 0 Å². The normalized spacial score (nSPS) is 19.9. The monoisotopic (exact) mass is 430 g/mol. The molecule has 0 saturated carbocycles. The van der Waals surface area contributed by atoms with Crippen molar-refractivity contribution in [1.82, 2.24) is 0 Å². The van der Waals surface area contributed by atoms with Crippen molar-refractivity contribution in [2.24, 2.45) is 11.8 Å². The average molecular weight is 431 g/mol. The van der Waals surface area contributed by atoms with Gasteiger partial charge in [0.1, 0.15) is 0 Å². The van der Waals surface area contributed by atoms with E-state index in [0.29, 0.717) is 11.8 Å². The molecule has 31 heavy (non-hydrogen) atoms. The Morgan fingerprint density at radius 3 is 1.65 bits per heavy atom. The molecule has 1 aliphatic carbocycles. The number of hydrogen-bond acceptors (Lipinski definition) is 1. The van der Waals surface area contributed by atoms with E-state index in [1.807, 2.05) is 0 Å². The van der Waals surface area contributed by atoms with Crippen molar-refractivity contribution in [2.45, 2.75) is 78.1 Å². The van der Waals surface area contributed by atoms with E-state index in [2.05, 4.69) is 99.7 Å². The van der Waals surface area contributed by atoms with Crippen LogP contribution >= 0.6 is 11.3 Å². The van der Waals surface area contributed by atoms with E-state index in [1.54, 1.807) is 11.1 Å². The molecule has 0 nitrogen and oxygen atoms in total. The SMILES string of the molecule is CCCCC(C)C1CC(C(C)CCC)c2c(-c3ccccc3)sc(-c3ccccc3)c21. The third kappa shape index (κ3) is 4.53. The van der Waals surface area contributed by atoms with Crippen LogP contribution in [0.1, 0.15) is 89.2 Å². The van der Waals surface area contributed by atoms with E-state index in [9.17, 15) is 0 Å². The van der Waals surface area contributed by atoms with E-state index in [4.69, 9.17) is 0 Å². The minimum atomic E-state index is 0.688. The summed E-state index contributed by atoms with van der Waals surface area (Å²) < 4.78 is 0. The Kier molecular flexibility index (Phi) is 7.33. The molecule has 4 unspecified atom stereocenters. The van der Waals surface area contributed by atoms with Crippen LogP contribution in [0.5, 0.6) is 0 Å². The summed E-state index contributed by atoms with van der Waals surface area (Å²) in [5, 5.41) is 0. The molecule has 0 amide bonds. The Hall–Kier alpha value is -1.86. The first-order valence-corrected chi connectivity index (χ1v) is 13.2. The Morgan fingerprint density at radius 2 is 1.19 bits per heavy atom. The van der Waals surface area contributed by atoms with E-state index < -0.39 is 0 Å². The van der Waals surface area contributed by atoms with Gasteiger partial charge in [-0.15, -0.1) is 11.3 Å². The maximum absolute atomic E-state index is 2.52. The van der Waals surface area contributed by atoms with Crippen molar-refractivity contribution in [3.05, 3.63) is 71.8 Å². The Morgan fingerprint density at radius 1 is 0.710 bits per heavy atom. The molecule has 1 aromatic heterocycles. The summed E-state index contributed by atoms with van der Waals surface area (Å²) in [7, 11) is 0. The van der Waals surface area contributed by atoms with E-state index in [-0.39, 0.29) is 0 Å². The van der Waals surface area contributed by atoms with Crippen LogP contribution < -0.4 is 0 Å². The highest BCUT2D eigenvalue weighted by Gasteiger charge is 2.41. The number of rotatable bonds is 9. The van der Waals surface area contributed by atoms with Crippen LogP contribution in [0.15, 0.2) is 60.7 Å². The lowest BCUT2D eigenvalue weighted by Gasteiger charge is -2.24. The average Bonchev–Trinajstić information content (AvgIpc) is 3.38. The van der Waals surface area contributed by atoms with Crippen LogP contribution in [-0.2, 0) is 0 Å². The lowest BCUT2D eigenvalue weighted by Crippen LogP contribution is -2.10. The number of thiophene rings is 1. The summed E-state index contributed by atoms with van der Waals surface area (Å²) in [6.45, 7) is 9.69. The predicted molar refractivity (Wildman–Crippen MR) is 138 cm³/mol. The molecule has 0 spiro atoms. The third-order valence-electron chi connectivity index (χ3n) is 7.44. The molecule has 0 saturated heterocycles. The minimum Gasteiger partial charge on any atom is -0.135 e. The second kappa shape index (κ2) is 10.2. The van der Waals surface area contributed by atoms with Gasteiger partial charge in [-0.3, -0.25) is 0 Å². The molecule has 4 atom stereocenters. The summed E-state index contributed by atoms with van der Waals surface area (Å²) in [6.07, 6.45) is 7.93. The van der Waals surface area contributed by atoms with Gasteiger partial charge in [-0.25, -0.2) is 0 Å². The largest absolute Gasteiger partial charge is 0.135 e. The van der Waals surface area contributed by atoms with E-state index in [1.165, 1.54) is 59.4 Å². The molecule has 4 rings (SSSR count). The van der Waals surface area contributed by atoms with Gasteiger partial charge in [-0.1, -0.05) is 120 Å². The maximum Gasteiger partial charge on any atom is 0.0387 e. The fourth-order valence-corrected chi connectivity index (χ4v) is 7.18. The van der Waals surface area contributed by atoms with Crippen LogP contribution in [-0.4, -0.2) is 0 Å². The fourth-order valence-electron chi connectivity index (χ4n) is 5.73. The first-order chi connectivity index (χ1) is 15.2. The van der Waals surface area contributed by atoms with Crippen LogP contribution in [0.2, 0.25) is 0 Å². The lowest BCUT2D eigenvalue weighted by molar-refractivity contribution is 0.352. The number of unbranched alkanes of at least 4 members (excludes halogenated alkanes) is 1. The zero-order valence-corrected chi connectivity index (χ0v) is 20.6. The second-order valence-electron chi connectivity index (χ2n) is 9.65. The zero-order chi connectivity index (χ0) is 21.8. The first-order valence-electron chi connectivity index (χ1n) is 12.4. The second-order valence-corrected chi connectivity index (χ2v) is 10.7. The molecular weight excluding hydrogens is 392 g/mol. The van der Waals surface area contributed by atoms with Crippen molar-refractivity contribution in [1.29, 1.82) is 0 Å². The van der Waals surface area contributed by atoms with Crippen molar-refractivity contribution < 1.29 is 0 Å². The summed E-state index contributed by atoms with van der Waals surface area (Å²) in [6, 6.07) is 22.3. The van der Waals surface area contributed by atoms with Crippen molar-refractivity contribution in [2.75, 3.05) is 0 Å². The van der Waals surface area contributed by atoms with Crippen molar-refractivity contribution in [3.8, 4) is 20.9 Å². The van der Waals surface area contributed by atoms with Gasteiger partial charge in [0, 0.05) is 9.75 Å². The van der Waals surface area contributed by atoms with Gasteiger partial charge in [-0.2, -0.15) is 0 Å². The van der Waals surface area contributed by atoms with Gasteiger partial charge in [-0.05, 0) is 52.3 Å². The fraction of sp³-hybridized carbons (Fsp3) is 0.467. The van der Waals surface area contributed by atoms with Crippen LogP contribution in [0.3, 0.4) is 0 Å². The Balaban J connectivity index is 1.90. The van der Waals surface area contributed by atoms with Gasteiger partial charge < -0.3 is 0 Å². The summed E-state index contributed by atoms with van der Waals surface area (Å²) >= 11 is 2.05. The number of fused-ring (bicyclic) bond motifs is 1. The topological polar surface area (TPSA) is 0 Å². The molecule has 1 aliphatic rings. The summed E-state index contributed by atoms with van der Waals surface area (Å²) in [5.74, 6) is 2.87. The molecule has 2 aromatic carbocycles. The van der Waals surface area contributed by atoms with Gasteiger partial charge in [0.15, 0.2) is 0 Å². The molecule has 0 bridgehead atoms. The molecule has 1 heteroatoms. The molecule has 1 heterocycles. The predicted octanol–water partition coefficient (Wildman–Crippen LogP) is 9.92. The van der Waals surface area contributed by atoms with E-state index >= 15 is 0 Å². The van der Waals surface area contributed by atoms with Crippen LogP contribution in [0.25, 0.3) is 20.9 Å². The van der Waals surface area contributed by atoms with Gasteiger partial charge in [0.05, 0.1) is 0 Å². The highest BCUT2D eigenvalue weighted by molar-refractivity contribution is 7.19. The van der Waals surface area contributed by atoms with Gasteiger partial charge >= 0.3 is 0 Å². The highest BCUT2D eigenvalue weighted by atomic mass is 32.1. The number of benzene rings is 2. The highest BCUT2D eigenvalue weighted by Crippen LogP contribution is 2.59. The maximum atomic E-state index is 2.52. The first kappa shape index (κ1) is 22.3. The molecule has 0 N–H and O–H groups in total. The summed E-state index contributed by atoms with van der Waals surface area (Å²) in [5.41, 5.74) is 6.21. The zero-order valence-electron chi connectivity index (χ0n) is 19.7. The molecular formula is C30H38S. The Bertz CT molecular complexity index is 953. The molecule has 0 radical (unpaired) electrons. The molecule has 0 fully saturated rings. The summed E-state index contributed by atoms with van der Waals surface area (Å²) in [4.78, 5) is 3.07. The number of hydrogen-bond donors (Lipinski definition) is 0. The van der Waals surface area contributed by atoms with Gasteiger partial charge in [0.2, 0.25) is 0 Å². The molecule has 164 valence electrons. The minimum absolute atomic E-state index is 0.688. The lowest BCUT2D eigenvalue weighted by atomic mass is 9.82. The van der Waals surface area contributed by atoms with Crippen LogP contribution in [0.4, 0.5) is 0 Å². The van der Waals surface area contributed by atoms with Crippen molar-refractivity contribution in [3.63, 3.8) is 0 Å². The Labute approximate surface area is 193 Å². The van der Waals surface area contributed by atoms with E-state index in [0.717, 1.165) is 11.8 Å². The quantitative estimate of drug-likeness (QED) is 0.317.